The van der Waals surface area contributed by atoms with Crippen molar-refractivity contribution in [2.75, 3.05) is 19.0 Å². The smallest absolute Gasteiger partial charge is 0.309 e. The first-order valence-electron chi connectivity index (χ1n) is 6.80. The SMILES string of the molecule is CNC(=O)c1ccc(NC(=O)COC(=O)[C@@H]2C[C@H]2C)cc1. The van der Waals surface area contributed by atoms with E-state index < -0.39 is 5.91 Å². The van der Waals surface area contributed by atoms with Gasteiger partial charge >= 0.3 is 5.97 Å². The third kappa shape index (κ3) is 4.05. The van der Waals surface area contributed by atoms with Crippen LogP contribution in [-0.2, 0) is 14.3 Å². The summed E-state index contributed by atoms with van der Waals surface area (Å²) in [7, 11) is 1.55. The Labute approximate surface area is 122 Å². The summed E-state index contributed by atoms with van der Waals surface area (Å²) in [6, 6.07) is 6.44. The summed E-state index contributed by atoms with van der Waals surface area (Å²) in [5.41, 5.74) is 1.05. The second kappa shape index (κ2) is 6.39. The van der Waals surface area contributed by atoms with Gasteiger partial charge in [-0.15, -0.1) is 0 Å². The molecule has 2 atom stereocenters. The molecule has 0 aliphatic heterocycles. The van der Waals surface area contributed by atoms with Crippen LogP contribution in [0.4, 0.5) is 5.69 Å². The van der Waals surface area contributed by atoms with E-state index in [0.717, 1.165) is 6.42 Å². The van der Waals surface area contributed by atoms with Crippen molar-refractivity contribution in [3.8, 4) is 0 Å². The highest BCUT2D eigenvalue weighted by molar-refractivity contribution is 5.96. The van der Waals surface area contributed by atoms with Crippen molar-refractivity contribution in [3.05, 3.63) is 29.8 Å². The Hall–Kier alpha value is -2.37. The van der Waals surface area contributed by atoms with E-state index in [9.17, 15) is 14.4 Å². The van der Waals surface area contributed by atoms with Crippen LogP contribution in [-0.4, -0.2) is 31.4 Å². The minimum Gasteiger partial charge on any atom is -0.455 e. The lowest BCUT2D eigenvalue weighted by Gasteiger charge is -2.07. The van der Waals surface area contributed by atoms with Crippen molar-refractivity contribution in [2.24, 2.45) is 11.8 Å². The van der Waals surface area contributed by atoms with Crippen LogP contribution >= 0.6 is 0 Å². The molecule has 112 valence electrons. The number of ether oxygens (including phenoxy) is 1. The molecule has 1 fully saturated rings. The number of rotatable bonds is 5. The molecular weight excluding hydrogens is 272 g/mol. The molecule has 1 aliphatic carbocycles. The first kappa shape index (κ1) is 15.0. The maximum atomic E-state index is 11.6. The number of hydrogen-bond acceptors (Lipinski definition) is 4. The Kier molecular flexibility index (Phi) is 4.57. The summed E-state index contributed by atoms with van der Waals surface area (Å²) in [4.78, 5) is 34.5. The van der Waals surface area contributed by atoms with Crippen LogP contribution < -0.4 is 10.6 Å². The van der Waals surface area contributed by atoms with Crippen molar-refractivity contribution in [1.29, 1.82) is 0 Å². The van der Waals surface area contributed by atoms with Gasteiger partial charge in [0, 0.05) is 18.3 Å². The molecule has 0 bridgehead atoms. The number of carbonyl (C=O) groups is 3. The lowest BCUT2D eigenvalue weighted by Crippen LogP contribution is -2.22. The van der Waals surface area contributed by atoms with Crippen molar-refractivity contribution >= 4 is 23.5 Å². The first-order chi connectivity index (χ1) is 10.0. The van der Waals surface area contributed by atoms with Gasteiger partial charge in [0.05, 0.1) is 5.92 Å². The largest absolute Gasteiger partial charge is 0.455 e. The third-order valence-electron chi connectivity index (χ3n) is 3.42. The molecule has 1 aromatic rings. The number of benzene rings is 1. The molecule has 0 spiro atoms. The minimum atomic E-state index is -0.399. The van der Waals surface area contributed by atoms with Crippen LogP contribution in [0, 0.1) is 11.8 Å². The predicted octanol–water partition coefficient (Wildman–Crippen LogP) is 1.18. The summed E-state index contributed by atoms with van der Waals surface area (Å²) in [6.45, 7) is 1.68. The van der Waals surface area contributed by atoms with Gasteiger partial charge < -0.3 is 15.4 Å². The maximum Gasteiger partial charge on any atom is 0.309 e. The molecule has 1 aliphatic rings. The summed E-state index contributed by atoms with van der Waals surface area (Å²) in [5.74, 6) is -0.597. The van der Waals surface area contributed by atoms with Gasteiger partial charge in [-0.2, -0.15) is 0 Å². The highest BCUT2D eigenvalue weighted by atomic mass is 16.5. The highest BCUT2D eigenvalue weighted by Gasteiger charge is 2.40. The van der Waals surface area contributed by atoms with E-state index in [1.807, 2.05) is 6.92 Å². The number of esters is 1. The van der Waals surface area contributed by atoms with Crippen molar-refractivity contribution < 1.29 is 19.1 Å². The second-order valence-corrected chi connectivity index (χ2v) is 5.13. The molecule has 0 unspecified atom stereocenters. The Balaban J connectivity index is 1.79. The third-order valence-corrected chi connectivity index (χ3v) is 3.42. The fourth-order valence-electron chi connectivity index (χ4n) is 1.94. The van der Waals surface area contributed by atoms with Gasteiger partial charge in [0.15, 0.2) is 6.61 Å². The standard InChI is InChI=1S/C15H18N2O4/c1-9-7-12(9)15(20)21-8-13(18)17-11-5-3-10(4-6-11)14(19)16-2/h3-6,9,12H,7-8H2,1-2H3,(H,16,19)(H,17,18)/t9-,12-/m1/s1. The fraction of sp³-hybridized carbons (Fsp3) is 0.400. The van der Waals surface area contributed by atoms with Crippen LogP contribution in [0.25, 0.3) is 0 Å². The zero-order valence-electron chi connectivity index (χ0n) is 12.0. The lowest BCUT2D eigenvalue weighted by atomic mass is 10.2. The molecule has 6 nitrogen and oxygen atoms in total. The first-order valence-corrected chi connectivity index (χ1v) is 6.80. The van der Waals surface area contributed by atoms with Crippen molar-refractivity contribution in [3.63, 3.8) is 0 Å². The van der Waals surface area contributed by atoms with E-state index in [1.165, 1.54) is 0 Å². The van der Waals surface area contributed by atoms with E-state index >= 15 is 0 Å². The van der Waals surface area contributed by atoms with Gasteiger partial charge in [0.25, 0.3) is 11.8 Å². The van der Waals surface area contributed by atoms with Crippen LogP contribution in [0.3, 0.4) is 0 Å². The maximum absolute atomic E-state index is 11.6. The molecule has 0 saturated heterocycles. The summed E-state index contributed by atoms with van der Waals surface area (Å²) < 4.78 is 4.93. The molecule has 0 aromatic heterocycles. The van der Waals surface area contributed by atoms with Crippen LogP contribution in [0.15, 0.2) is 24.3 Å². The van der Waals surface area contributed by atoms with Gasteiger partial charge in [-0.25, -0.2) is 0 Å². The summed E-state index contributed by atoms with van der Waals surface area (Å²) in [5, 5.41) is 5.11. The minimum absolute atomic E-state index is 0.0513. The molecule has 2 amide bonds. The van der Waals surface area contributed by atoms with Crippen LogP contribution in [0.2, 0.25) is 0 Å². The lowest BCUT2D eigenvalue weighted by molar-refractivity contribution is -0.148. The number of anilines is 1. The average molecular weight is 290 g/mol. The Morgan fingerprint density at radius 1 is 1.24 bits per heavy atom. The molecule has 0 heterocycles. The van der Waals surface area contributed by atoms with Gasteiger partial charge in [0.2, 0.25) is 0 Å². The predicted molar refractivity (Wildman–Crippen MR) is 76.7 cm³/mol. The van der Waals surface area contributed by atoms with Crippen molar-refractivity contribution in [2.45, 2.75) is 13.3 Å². The highest BCUT2D eigenvalue weighted by Crippen LogP contribution is 2.38. The van der Waals surface area contributed by atoms with E-state index in [-0.39, 0.29) is 24.4 Å². The molecule has 0 radical (unpaired) electrons. The Bertz CT molecular complexity index is 553. The molecular formula is C15H18N2O4. The quantitative estimate of drug-likeness (QED) is 0.798. The van der Waals surface area contributed by atoms with E-state index in [2.05, 4.69) is 10.6 Å². The summed E-state index contributed by atoms with van der Waals surface area (Å²) in [6.07, 6.45) is 0.835. The van der Waals surface area contributed by atoms with Crippen molar-refractivity contribution in [1.82, 2.24) is 5.32 Å². The van der Waals surface area contributed by atoms with E-state index in [1.54, 1.807) is 31.3 Å². The molecule has 1 saturated carbocycles. The number of amides is 2. The normalized spacial score (nSPS) is 19.5. The topological polar surface area (TPSA) is 84.5 Å². The van der Waals surface area contributed by atoms with E-state index in [0.29, 0.717) is 17.2 Å². The molecule has 6 heteroatoms. The monoisotopic (exact) mass is 290 g/mol. The second-order valence-electron chi connectivity index (χ2n) is 5.13. The summed E-state index contributed by atoms with van der Waals surface area (Å²) >= 11 is 0. The zero-order chi connectivity index (χ0) is 15.4. The van der Waals surface area contributed by atoms with Gasteiger partial charge in [0.1, 0.15) is 0 Å². The molecule has 1 aromatic carbocycles. The Morgan fingerprint density at radius 2 is 1.86 bits per heavy atom. The van der Waals surface area contributed by atoms with Gasteiger partial charge in [-0.1, -0.05) is 6.92 Å². The average Bonchev–Trinajstić information content (AvgIpc) is 3.22. The number of carbonyl (C=O) groups excluding carboxylic acids is 3. The van der Waals surface area contributed by atoms with Crippen LogP contribution in [0.1, 0.15) is 23.7 Å². The molecule has 2 rings (SSSR count). The van der Waals surface area contributed by atoms with E-state index in [4.69, 9.17) is 4.74 Å². The molecule has 21 heavy (non-hydrogen) atoms. The zero-order valence-corrected chi connectivity index (χ0v) is 12.0. The van der Waals surface area contributed by atoms with Gasteiger partial charge in [-0.05, 0) is 36.6 Å². The fourth-order valence-corrected chi connectivity index (χ4v) is 1.94. The van der Waals surface area contributed by atoms with Gasteiger partial charge in [-0.3, -0.25) is 14.4 Å². The Morgan fingerprint density at radius 3 is 2.38 bits per heavy atom. The van der Waals surface area contributed by atoms with Crippen LogP contribution in [0.5, 0.6) is 0 Å². The molecule has 2 N–H and O–H groups in total. The number of nitrogens with one attached hydrogen (secondary N) is 2. The number of hydrogen-bond donors (Lipinski definition) is 2.